The molecule has 0 fully saturated rings. The SMILES string of the molecule is COC[C@H](C)NC(=O)c1cc(C)n(-c2ccc(F)cc2)c1C. The van der Waals surface area contributed by atoms with Crippen molar-refractivity contribution in [1.82, 2.24) is 9.88 Å². The predicted octanol–water partition coefficient (Wildman–Crippen LogP) is 3.00. The molecule has 1 amide bonds. The zero-order valence-corrected chi connectivity index (χ0v) is 13.3. The fourth-order valence-corrected chi connectivity index (χ4v) is 2.57. The van der Waals surface area contributed by atoms with E-state index in [1.807, 2.05) is 31.4 Å². The molecule has 0 spiro atoms. The van der Waals surface area contributed by atoms with Gasteiger partial charge in [-0.2, -0.15) is 0 Å². The topological polar surface area (TPSA) is 43.3 Å². The molecule has 4 nitrogen and oxygen atoms in total. The summed E-state index contributed by atoms with van der Waals surface area (Å²) in [5, 5.41) is 2.90. The summed E-state index contributed by atoms with van der Waals surface area (Å²) < 4.78 is 20.0. The van der Waals surface area contributed by atoms with Crippen LogP contribution < -0.4 is 5.32 Å². The van der Waals surface area contributed by atoms with Crippen molar-refractivity contribution in [3.63, 3.8) is 0 Å². The van der Waals surface area contributed by atoms with Crippen LogP contribution in [-0.4, -0.2) is 30.2 Å². The first-order valence-corrected chi connectivity index (χ1v) is 7.18. The summed E-state index contributed by atoms with van der Waals surface area (Å²) >= 11 is 0. The summed E-state index contributed by atoms with van der Waals surface area (Å²) in [7, 11) is 1.60. The number of rotatable bonds is 5. The Balaban J connectivity index is 2.31. The second-order valence-electron chi connectivity index (χ2n) is 5.43. The lowest BCUT2D eigenvalue weighted by atomic mass is 10.2. The average molecular weight is 304 g/mol. The molecule has 1 aromatic carbocycles. The first kappa shape index (κ1) is 16.2. The Morgan fingerprint density at radius 1 is 1.32 bits per heavy atom. The molecule has 0 bridgehead atoms. The van der Waals surface area contributed by atoms with E-state index in [4.69, 9.17) is 4.74 Å². The Labute approximate surface area is 129 Å². The van der Waals surface area contributed by atoms with E-state index in [1.54, 1.807) is 19.2 Å². The first-order valence-electron chi connectivity index (χ1n) is 7.18. The number of hydrogen-bond donors (Lipinski definition) is 1. The van der Waals surface area contributed by atoms with Gasteiger partial charge in [-0.05, 0) is 51.1 Å². The van der Waals surface area contributed by atoms with E-state index in [2.05, 4.69) is 5.32 Å². The fourth-order valence-electron chi connectivity index (χ4n) is 2.57. The predicted molar refractivity (Wildman–Crippen MR) is 84.0 cm³/mol. The molecule has 0 saturated heterocycles. The quantitative estimate of drug-likeness (QED) is 0.923. The molecule has 0 aliphatic rings. The molecule has 22 heavy (non-hydrogen) atoms. The standard InChI is InChI=1S/C17H21FN2O2/c1-11(10-22-4)19-17(21)16-9-12(2)20(13(16)3)15-7-5-14(18)6-8-15/h5-9,11H,10H2,1-4H3,(H,19,21)/t11-/m0/s1. The molecular formula is C17H21FN2O2. The minimum Gasteiger partial charge on any atom is -0.383 e. The summed E-state index contributed by atoms with van der Waals surface area (Å²) in [5.41, 5.74) is 3.20. The molecule has 1 N–H and O–H groups in total. The molecule has 0 unspecified atom stereocenters. The van der Waals surface area contributed by atoms with E-state index in [0.717, 1.165) is 17.1 Å². The Hall–Kier alpha value is -2.14. The number of ether oxygens (including phenoxy) is 1. The number of amides is 1. The molecule has 0 radical (unpaired) electrons. The highest BCUT2D eigenvalue weighted by atomic mass is 19.1. The van der Waals surface area contributed by atoms with Crippen LogP contribution in [0.5, 0.6) is 0 Å². The van der Waals surface area contributed by atoms with Crippen LogP contribution in [0.1, 0.15) is 28.7 Å². The van der Waals surface area contributed by atoms with E-state index in [-0.39, 0.29) is 17.8 Å². The van der Waals surface area contributed by atoms with Crippen LogP contribution in [0, 0.1) is 19.7 Å². The van der Waals surface area contributed by atoms with Gasteiger partial charge in [-0.3, -0.25) is 4.79 Å². The Bertz CT molecular complexity index is 662. The van der Waals surface area contributed by atoms with Gasteiger partial charge in [0.05, 0.1) is 12.2 Å². The van der Waals surface area contributed by atoms with Crippen LogP contribution in [0.15, 0.2) is 30.3 Å². The highest BCUT2D eigenvalue weighted by Gasteiger charge is 2.18. The number of nitrogens with zero attached hydrogens (tertiary/aromatic N) is 1. The van der Waals surface area contributed by atoms with Crippen LogP contribution in [0.25, 0.3) is 5.69 Å². The highest BCUT2D eigenvalue weighted by Crippen LogP contribution is 2.21. The highest BCUT2D eigenvalue weighted by molar-refractivity contribution is 5.96. The van der Waals surface area contributed by atoms with E-state index in [0.29, 0.717) is 12.2 Å². The number of halogens is 1. The van der Waals surface area contributed by atoms with Crippen molar-refractivity contribution in [3.05, 3.63) is 53.1 Å². The fraction of sp³-hybridized carbons (Fsp3) is 0.353. The van der Waals surface area contributed by atoms with Crippen molar-refractivity contribution in [2.75, 3.05) is 13.7 Å². The molecular weight excluding hydrogens is 283 g/mol. The molecule has 2 rings (SSSR count). The van der Waals surface area contributed by atoms with Gasteiger partial charge in [0, 0.05) is 30.2 Å². The number of carbonyl (C=O) groups excluding carboxylic acids is 1. The van der Waals surface area contributed by atoms with Crippen molar-refractivity contribution < 1.29 is 13.9 Å². The zero-order chi connectivity index (χ0) is 16.3. The van der Waals surface area contributed by atoms with Crippen molar-refractivity contribution in [2.45, 2.75) is 26.8 Å². The van der Waals surface area contributed by atoms with Gasteiger partial charge in [-0.25, -0.2) is 4.39 Å². The number of aromatic nitrogens is 1. The molecule has 0 aliphatic heterocycles. The summed E-state index contributed by atoms with van der Waals surface area (Å²) in [6.07, 6.45) is 0. The van der Waals surface area contributed by atoms with Gasteiger partial charge in [0.2, 0.25) is 0 Å². The first-order chi connectivity index (χ1) is 10.4. The van der Waals surface area contributed by atoms with E-state index in [1.165, 1.54) is 12.1 Å². The van der Waals surface area contributed by atoms with Crippen molar-refractivity contribution >= 4 is 5.91 Å². The van der Waals surface area contributed by atoms with Gasteiger partial charge in [0.15, 0.2) is 0 Å². The Morgan fingerprint density at radius 2 is 1.95 bits per heavy atom. The molecule has 1 atom stereocenters. The van der Waals surface area contributed by atoms with Gasteiger partial charge in [-0.1, -0.05) is 0 Å². The minimum atomic E-state index is -0.280. The van der Waals surface area contributed by atoms with E-state index >= 15 is 0 Å². The lowest BCUT2D eigenvalue weighted by molar-refractivity contribution is 0.0905. The van der Waals surface area contributed by atoms with E-state index in [9.17, 15) is 9.18 Å². The summed E-state index contributed by atoms with van der Waals surface area (Å²) in [4.78, 5) is 12.4. The zero-order valence-electron chi connectivity index (χ0n) is 13.3. The molecule has 1 heterocycles. The maximum absolute atomic E-state index is 13.1. The number of hydrogen-bond acceptors (Lipinski definition) is 2. The smallest absolute Gasteiger partial charge is 0.253 e. The number of carbonyl (C=O) groups is 1. The van der Waals surface area contributed by atoms with Gasteiger partial charge >= 0.3 is 0 Å². The largest absolute Gasteiger partial charge is 0.383 e. The molecule has 118 valence electrons. The number of methoxy groups -OCH3 is 1. The lowest BCUT2D eigenvalue weighted by Crippen LogP contribution is -2.35. The van der Waals surface area contributed by atoms with Gasteiger partial charge < -0.3 is 14.6 Å². The number of nitrogens with one attached hydrogen (secondary N) is 1. The van der Waals surface area contributed by atoms with Gasteiger partial charge in [0.25, 0.3) is 5.91 Å². The van der Waals surface area contributed by atoms with Crippen LogP contribution in [-0.2, 0) is 4.74 Å². The van der Waals surface area contributed by atoms with E-state index < -0.39 is 0 Å². The maximum Gasteiger partial charge on any atom is 0.253 e. The number of aryl methyl sites for hydroxylation is 1. The summed E-state index contributed by atoms with van der Waals surface area (Å²) in [6, 6.07) is 8.00. The maximum atomic E-state index is 13.1. The van der Waals surface area contributed by atoms with Crippen molar-refractivity contribution in [1.29, 1.82) is 0 Å². The molecule has 0 aliphatic carbocycles. The van der Waals surface area contributed by atoms with Crippen LogP contribution >= 0.6 is 0 Å². The lowest BCUT2D eigenvalue weighted by Gasteiger charge is -2.13. The second kappa shape index (κ2) is 6.75. The minimum absolute atomic E-state index is 0.0635. The summed E-state index contributed by atoms with van der Waals surface area (Å²) in [6.45, 7) is 6.15. The third-order valence-corrected chi connectivity index (χ3v) is 3.55. The van der Waals surface area contributed by atoms with Gasteiger partial charge in [-0.15, -0.1) is 0 Å². The van der Waals surface area contributed by atoms with Crippen molar-refractivity contribution in [3.8, 4) is 5.69 Å². The molecule has 2 aromatic rings. The second-order valence-corrected chi connectivity index (χ2v) is 5.43. The van der Waals surface area contributed by atoms with Crippen LogP contribution in [0.3, 0.4) is 0 Å². The van der Waals surface area contributed by atoms with Crippen LogP contribution in [0.4, 0.5) is 4.39 Å². The normalized spacial score (nSPS) is 12.2. The Kier molecular flexibility index (Phi) is 4.98. The van der Waals surface area contributed by atoms with Gasteiger partial charge in [0.1, 0.15) is 5.82 Å². The van der Waals surface area contributed by atoms with Crippen LogP contribution in [0.2, 0.25) is 0 Å². The monoisotopic (exact) mass is 304 g/mol. The summed E-state index contributed by atoms with van der Waals surface area (Å²) in [5.74, 6) is -0.413. The average Bonchev–Trinajstić information content (AvgIpc) is 2.75. The molecule has 0 saturated carbocycles. The molecule has 5 heteroatoms. The number of benzene rings is 1. The Morgan fingerprint density at radius 3 is 2.55 bits per heavy atom. The third-order valence-electron chi connectivity index (χ3n) is 3.55. The third kappa shape index (κ3) is 3.36. The molecule has 1 aromatic heterocycles. The van der Waals surface area contributed by atoms with Crippen molar-refractivity contribution in [2.24, 2.45) is 0 Å².